The Balaban J connectivity index is 1.77. The Morgan fingerprint density at radius 1 is 1.40 bits per heavy atom. The van der Waals surface area contributed by atoms with E-state index in [0.717, 1.165) is 31.6 Å². The van der Waals surface area contributed by atoms with Gasteiger partial charge in [0.15, 0.2) is 17.3 Å². The molecule has 106 valence electrons. The molecule has 1 aliphatic rings. The first-order chi connectivity index (χ1) is 9.76. The normalized spacial score (nSPS) is 19.3. The third-order valence-electron chi connectivity index (χ3n) is 3.37. The summed E-state index contributed by atoms with van der Waals surface area (Å²) >= 11 is 0. The second kappa shape index (κ2) is 5.54. The summed E-state index contributed by atoms with van der Waals surface area (Å²) in [6.07, 6.45) is 2.26. The average molecular weight is 275 g/mol. The summed E-state index contributed by atoms with van der Waals surface area (Å²) in [5.41, 5.74) is 0.568. The zero-order valence-electron chi connectivity index (χ0n) is 11.4. The molecule has 0 saturated carbocycles. The number of β-amino-alcohol motifs (C(OH)–C–C–N with tert-alkyl or cyclic N) is 1. The Morgan fingerprint density at radius 2 is 2.30 bits per heavy atom. The lowest BCUT2D eigenvalue weighted by Crippen LogP contribution is -2.38. The van der Waals surface area contributed by atoms with Crippen molar-refractivity contribution >= 4 is 5.82 Å². The lowest BCUT2D eigenvalue weighted by atomic mass is 10.1. The molecule has 2 aromatic heterocycles. The summed E-state index contributed by atoms with van der Waals surface area (Å²) in [6, 6.07) is 3.69. The fourth-order valence-electron chi connectivity index (χ4n) is 2.27. The number of aliphatic hydroxyl groups excluding tert-OH is 1. The molecule has 0 bridgehead atoms. The molecule has 0 aliphatic carbocycles. The first kappa shape index (κ1) is 13.0. The van der Waals surface area contributed by atoms with E-state index in [2.05, 4.69) is 20.3 Å². The van der Waals surface area contributed by atoms with Gasteiger partial charge >= 0.3 is 0 Å². The zero-order chi connectivity index (χ0) is 13.9. The Hall–Kier alpha value is -2.02. The van der Waals surface area contributed by atoms with Crippen LogP contribution >= 0.6 is 0 Å². The first-order valence-corrected chi connectivity index (χ1v) is 6.86. The summed E-state index contributed by atoms with van der Waals surface area (Å²) < 4.78 is 5.13. The van der Waals surface area contributed by atoms with Gasteiger partial charge in [-0.1, -0.05) is 12.1 Å². The smallest absolute Gasteiger partial charge is 0.278 e. The molecule has 1 saturated heterocycles. The molecule has 7 nitrogen and oxygen atoms in total. The largest absolute Gasteiger partial charge is 0.391 e. The topological polar surface area (TPSA) is 88.2 Å². The molecule has 3 rings (SSSR count). The molecule has 1 aliphatic heterocycles. The van der Waals surface area contributed by atoms with Gasteiger partial charge in [-0.3, -0.25) is 0 Å². The van der Waals surface area contributed by atoms with Gasteiger partial charge in [0.1, 0.15) is 0 Å². The van der Waals surface area contributed by atoms with Crippen LogP contribution < -0.4 is 4.90 Å². The Labute approximate surface area is 116 Å². The molecule has 3 heterocycles. The van der Waals surface area contributed by atoms with Crippen molar-refractivity contribution in [2.75, 3.05) is 18.0 Å². The summed E-state index contributed by atoms with van der Waals surface area (Å²) in [7, 11) is 0. The van der Waals surface area contributed by atoms with Gasteiger partial charge in [0.05, 0.1) is 6.10 Å². The maximum absolute atomic E-state index is 9.68. The minimum Gasteiger partial charge on any atom is -0.391 e. The molecule has 0 spiro atoms. The molecule has 1 atom stereocenters. The molecule has 0 radical (unpaired) electrons. The van der Waals surface area contributed by atoms with Crippen LogP contribution in [-0.4, -0.2) is 44.6 Å². The number of piperidine rings is 1. The van der Waals surface area contributed by atoms with Gasteiger partial charge in [-0.05, 0) is 25.0 Å². The van der Waals surface area contributed by atoms with Crippen LogP contribution in [0, 0.1) is 0 Å². The van der Waals surface area contributed by atoms with E-state index < -0.39 is 0 Å². The van der Waals surface area contributed by atoms with E-state index in [9.17, 15) is 5.11 Å². The van der Waals surface area contributed by atoms with Gasteiger partial charge in [0, 0.05) is 19.5 Å². The van der Waals surface area contributed by atoms with Gasteiger partial charge in [-0.25, -0.2) is 0 Å². The Kier molecular flexibility index (Phi) is 3.60. The number of aromatic nitrogens is 4. The van der Waals surface area contributed by atoms with Gasteiger partial charge in [-0.15, -0.1) is 10.2 Å². The van der Waals surface area contributed by atoms with Crippen LogP contribution in [0.2, 0.25) is 0 Å². The highest BCUT2D eigenvalue weighted by atomic mass is 16.5. The quantitative estimate of drug-likeness (QED) is 0.895. The zero-order valence-corrected chi connectivity index (χ0v) is 11.4. The second-order valence-corrected chi connectivity index (χ2v) is 4.89. The van der Waals surface area contributed by atoms with E-state index in [-0.39, 0.29) is 6.10 Å². The molecule has 0 aromatic carbocycles. The van der Waals surface area contributed by atoms with Crippen LogP contribution in [0.5, 0.6) is 0 Å². The fraction of sp³-hybridized carbons (Fsp3) is 0.538. The van der Waals surface area contributed by atoms with Crippen LogP contribution in [0.3, 0.4) is 0 Å². The summed E-state index contributed by atoms with van der Waals surface area (Å²) in [6.45, 7) is 3.46. The number of hydrogen-bond donors (Lipinski definition) is 1. The standard InChI is InChI=1S/C13H17N5O2/c1-2-11-14-13(20-17-11)10-5-6-12(16-15-10)18-7-3-4-9(19)8-18/h5-6,9,19H,2-4,7-8H2,1H3. The molecule has 20 heavy (non-hydrogen) atoms. The molecular formula is C13H17N5O2. The van der Waals surface area contributed by atoms with Crippen molar-refractivity contribution in [2.45, 2.75) is 32.3 Å². The van der Waals surface area contributed by atoms with Crippen molar-refractivity contribution < 1.29 is 9.63 Å². The van der Waals surface area contributed by atoms with Crippen molar-refractivity contribution in [3.05, 3.63) is 18.0 Å². The second-order valence-electron chi connectivity index (χ2n) is 4.89. The highest BCUT2D eigenvalue weighted by Gasteiger charge is 2.19. The van der Waals surface area contributed by atoms with Gasteiger partial charge in [0.25, 0.3) is 5.89 Å². The number of rotatable bonds is 3. The van der Waals surface area contributed by atoms with E-state index in [1.54, 1.807) is 0 Å². The predicted octanol–water partition coefficient (Wildman–Crippen LogP) is 1.05. The van der Waals surface area contributed by atoms with E-state index >= 15 is 0 Å². The summed E-state index contributed by atoms with van der Waals surface area (Å²) in [4.78, 5) is 6.26. The maximum Gasteiger partial charge on any atom is 0.278 e. The van der Waals surface area contributed by atoms with Crippen LogP contribution in [0.4, 0.5) is 5.82 Å². The highest BCUT2D eigenvalue weighted by Crippen LogP contribution is 2.20. The number of aliphatic hydroxyl groups is 1. The third kappa shape index (κ3) is 2.62. The molecule has 1 fully saturated rings. The van der Waals surface area contributed by atoms with E-state index in [1.807, 2.05) is 24.0 Å². The van der Waals surface area contributed by atoms with E-state index in [0.29, 0.717) is 24.0 Å². The van der Waals surface area contributed by atoms with Crippen molar-refractivity contribution in [1.29, 1.82) is 0 Å². The third-order valence-corrected chi connectivity index (χ3v) is 3.37. The predicted molar refractivity (Wildman–Crippen MR) is 72.2 cm³/mol. The van der Waals surface area contributed by atoms with Gasteiger partial charge in [-0.2, -0.15) is 4.98 Å². The molecule has 1 N–H and O–H groups in total. The lowest BCUT2D eigenvalue weighted by molar-refractivity contribution is 0.154. The Morgan fingerprint density at radius 3 is 2.95 bits per heavy atom. The first-order valence-electron chi connectivity index (χ1n) is 6.86. The Bertz CT molecular complexity index is 568. The van der Waals surface area contributed by atoms with Crippen molar-refractivity contribution in [3.8, 4) is 11.6 Å². The highest BCUT2D eigenvalue weighted by molar-refractivity contribution is 5.49. The van der Waals surface area contributed by atoms with E-state index in [4.69, 9.17) is 4.52 Å². The minimum absolute atomic E-state index is 0.284. The number of aryl methyl sites for hydroxylation is 1. The minimum atomic E-state index is -0.284. The molecule has 7 heteroatoms. The van der Waals surface area contributed by atoms with Gasteiger partial charge < -0.3 is 14.5 Å². The van der Waals surface area contributed by atoms with Crippen molar-refractivity contribution in [1.82, 2.24) is 20.3 Å². The number of hydrogen-bond acceptors (Lipinski definition) is 7. The van der Waals surface area contributed by atoms with Crippen molar-refractivity contribution in [3.63, 3.8) is 0 Å². The van der Waals surface area contributed by atoms with E-state index in [1.165, 1.54) is 0 Å². The number of anilines is 1. The monoisotopic (exact) mass is 275 g/mol. The molecule has 1 unspecified atom stereocenters. The SMILES string of the molecule is CCc1noc(-c2ccc(N3CCCC(O)C3)nn2)n1. The fourth-order valence-corrected chi connectivity index (χ4v) is 2.27. The van der Waals surface area contributed by atoms with Crippen LogP contribution in [0.25, 0.3) is 11.6 Å². The number of nitrogens with zero attached hydrogens (tertiary/aromatic N) is 5. The van der Waals surface area contributed by atoms with Crippen LogP contribution in [0.15, 0.2) is 16.7 Å². The van der Waals surface area contributed by atoms with Crippen LogP contribution in [-0.2, 0) is 6.42 Å². The summed E-state index contributed by atoms with van der Waals surface area (Å²) in [5, 5.41) is 21.8. The van der Waals surface area contributed by atoms with Crippen LogP contribution in [0.1, 0.15) is 25.6 Å². The van der Waals surface area contributed by atoms with Crippen molar-refractivity contribution in [2.24, 2.45) is 0 Å². The lowest BCUT2D eigenvalue weighted by Gasteiger charge is -2.30. The van der Waals surface area contributed by atoms with Gasteiger partial charge in [0.2, 0.25) is 0 Å². The molecule has 0 amide bonds. The molecular weight excluding hydrogens is 258 g/mol. The molecule has 2 aromatic rings. The average Bonchev–Trinajstić information content (AvgIpc) is 2.96. The summed E-state index contributed by atoms with van der Waals surface area (Å²) in [5.74, 6) is 1.81. The maximum atomic E-state index is 9.68.